The monoisotopic (exact) mass is 565 g/mol. The van der Waals surface area contributed by atoms with E-state index < -0.39 is 12.1 Å². The number of rotatable bonds is 5. The van der Waals surface area contributed by atoms with Crippen LogP contribution in [-0.2, 0) is 16.1 Å². The van der Waals surface area contributed by atoms with Gasteiger partial charge in [0.1, 0.15) is 5.75 Å². The molecule has 1 aliphatic heterocycles. The number of halogens is 3. The van der Waals surface area contributed by atoms with Gasteiger partial charge in [0.15, 0.2) is 0 Å². The number of carboxylic acids is 1. The summed E-state index contributed by atoms with van der Waals surface area (Å²) in [6.07, 6.45) is 3.50. The highest BCUT2D eigenvalue weighted by Gasteiger charge is 2.38. The van der Waals surface area contributed by atoms with Crippen molar-refractivity contribution in [2.45, 2.75) is 38.9 Å². The minimum Gasteiger partial charge on any atom is -0.495 e. The summed E-state index contributed by atoms with van der Waals surface area (Å²) in [6, 6.07) is 20.7. The zero-order chi connectivity index (χ0) is 29.6. The van der Waals surface area contributed by atoms with Gasteiger partial charge in [0, 0.05) is 24.9 Å². The van der Waals surface area contributed by atoms with Crippen LogP contribution in [0, 0.1) is 6.92 Å². The lowest BCUT2D eigenvalue weighted by Crippen LogP contribution is -2.31. The number of imidazole rings is 1. The van der Waals surface area contributed by atoms with Crippen LogP contribution in [0.1, 0.15) is 36.1 Å². The number of nitrogens with zero attached hydrogens (tertiary/aromatic N) is 3. The van der Waals surface area contributed by atoms with Crippen LogP contribution in [0.2, 0.25) is 0 Å². The van der Waals surface area contributed by atoms with E-state index in [1.54, 1.807) is 13.4 Å². The van der Waals surface area contributed by atoms with Gasteiger partial charge in [0.05, 0.1) is 24.8 Å². The fraction of sp³-hybridized carbons (Fsp3) is 0.258. The predicted molar refractivity (Wildman–Crippen MR) is 150 cm³/mol. The van der Waals surface area contributed by atoms with Gasteiger partial charge in [-0.1, -0.05) is 48.5 Å². The molecule has 1 aromatic heterocycles. The molecule has 1 N–H and O–H groups in total. The van der Waals surface area contributed by atoms with Crippen molar-refractivity contribution in [3.63, 3.8) is 0 Å². The Morgan fingerprint density at radius 3 is 2.51 bits per heavy atom. The zero-order valence-corrected chi connectivity index (χ0v) is 22.7. The molecular weight excluding hydrogens is 535 g/mol. The lowest BCUT2D eigenvalue weighted by molar-refractivity contribution is -0.192. The summed E-state index contributed by atoms with van der Waals surface area (Å²) in [5.74, 6) is -1.88. The fourth-order valence-electron chi connectivity index (χ4n) is 4.70. The molecule has 5 rings (SSSR count). The Bertz CT molecular complexity index is 1570. The summed E-state index contributed by atoms with van der Waals surface area (Å²) in [5, 5.41) is 9.54. The molecule has 1 fully saturated rings. The molecule has 0 saturated carbocycles. The molecule has 7 nitrogen and oxygen atoms in total. The van der Waals surface area contributed by atoms with Gasteiger partial charge in [-0.25, -0.2) is 9.78 Å². The number of fused-ring (bicyclic) bond motifs is 1. The largest absolute Gasteiger partial charge is 0.495 e. The van der Waals surface area contributed by atoms with Crippen LogP contribution in [0.4, 0.5) is 13.2 Å². The van der Waals surface area contributed by atoms with E-state index in [1.165, 1.54) is 16.3 Å². The fourth-order valence-corrected chi connectivity index (χ4v) is 4.70. The molecule has 1 saturated heterocycles. The van der Waals surface area contributed by atoms with Crippen molar-refractivity contribution in [3.8, 4) is 11.4 Å². The summed E-state index contributed by atoms with van der Waals surface area (Å²) in [4.78, 5) is 28.8. The number of aromatic nitrogens is 2. The van der Waals surface area contributed by atoms with Gasteiger partial charge >= 0.3 is 12.1 Å². The van der Waals surface area contributed by atoms with Crippen molar-refractivity contribution in [1.82, 2.24) is 14.5 Å². The Kier molecular flexibility index (Phi) is 9.11. The average molecular weight is 566 g/mol. The number of aliphatic carboxylic acids is 1. The normalized spacial score (nSPS) is 14.9. The van der Waals surface area contributed by atoms with E-state index in [2.05, 4.69) is 47.4 Å². The number of amides is 1. The van der Waals surface area contributed by atoms with Crippen molar-refractivity contribution in [3.05, 3.63) is 95.6 Å². The highest BCUT2D eigenvalue weighted by molar-refractivity contribution is 5.98. The number of carbonyl (C=O) groups is 2. The lowest BCUT2D eigenvalue weighted by atomic mass is 10.0. The first-order valence-corrected chi connectivity index (χ1v) is 13.0. The van der Waals surface area contributed by atoms with Crippen LogP contribution in [0.25, 0.3) is 22.5 Å². The van der Waals surface area contributed by atoms with Gasteiger partial charge in [-0.15, -0.1) is 0 Å². The van der Waals surface area contributed by atoms with E-state index in [0.717, 1.165) is 54.1 Å². The van der Waals surface area contributed by atoms with Crippen molar-refractivity contribution >= 4 is 28.7 Å². The molecule has 4 aromatic rings. The smallest absolute Gasteiger partial charge is 0.490 e. The number of methoxy groups -OCH3 is 1. The third kappa shape index (κ3) is 7.33. The number of benzene rings is 3. The molecular formula is C31H30F3N3O4. The van der Waals surface area contributed by atoms with Crippen molar-refractivity contribution in [2.75, 3.05) is 13.7 Å². The quantitative estimate of drug-likeness (QED) is 0.277. The lowest BCUT2D eigenvalue weighted by Gasteiger charge is -2.22. The summed E-state index contributed by atoms with van der Waals surface area (Å²) >= 11 is 0. The molecule has 0 unspecified atom stereocenters. The van der Waals surface area contributed by atoms with Crippen LogP contribution in [0.15, 0.2) is 78.8 Å². The number of hydrogen-bond acceptors (Lipinski definition) is 4. The number of carbonyl (C=O) groups excluding carboxylic acids is 1. The van der Waals surface area contributed by atoms with E-state index in [-0.39, 0.29) is 5.91 Å². The molecule has 1 aliphatic rings. The maximum atomic E-state index is 13.5. The Morgan fingerprint density at radius 1 is 1.10 bits per heavy atom. The molecule has 1 amide bonds. The van der Waals surface area contributed by atoms with E-state index in [9.17, 15) is 18.0 Å². The van der Waals surface area contributed by atoms with Gasteiger partial charge < -0.3 is 19.3 Å². The van der Waals surface area contributed by atoms with Crippen molar-refractivity contribution in [2.24, 2.45) is 0 Å². The van der Waals surface area contributed by atoms with E-state index in [0.29, 0.717) is 6.54 Å². The highest BCUT2D eigenvalue weighted by Crippen LogP contribution is 2.28. The van der Waals surface area contributed by atoms with Gasteiger partial charge in [-0.2, -0.15) is 13.2 Å². The number of likely N-dealkylation sites (tertiary alicyclic amines) is 1. The maximum absolute atomic E-state index is 13.5. The molecule has 214 valence electrons. The second kappa shape index (κ2) is 12.7. The summed E-state index contributed by atoms with van der Waals surface area (Å²) in [7, 11) is 1.67. The molecule has 41 heavy (non-hydrogen) atoms. The summed E-state index contributed by atoms with van der Waals surface area (Å²) in [5.41, 5.74) is 4.88. The number of aryl methyl sites for hydroxylation is 1. The van der Waals surface area contributed by atoms with Crippen LogP contribution >= 0.6 is 0 Å². The van der Waals surface area contributed by atoms with E-state index in [4.69, 9.17) is 14.6 Å². The second-order valence-corrected chi connectivity index (χ2v) is 9.65. The van der Waals surface area contributed by atoms with E-state index >= 15 is 0 Å². The van der Waals surface area contributed by atoms with Crippen molar-refractivity contribution in [1.29, 1.82) is 0 Å². The first kappa shape index (κ1) is 29.4. The molecule has 0 spiro atoms. The summed E-state index contributed by atoms with van der Waals surface area (Å²) < 4.78 is 39.3. The molecule has 0 atom stereocenters. The van der Waals surface area contributed by atoms with Crippen LogP contribution in [-0.4, -0.2) is 51.3 Å². The van der Waals surface area contributed by atoms with Gasteiger partial charge in [0.25, 0.3) is 0 Å². The standard InChI is InChI=1S/C29H29N3O2.C2HF3O2/c1-21-18-32(20-30-21)27-14-13-22(17-28(27)34-2)16-24-9-5-6-15-31(29(24)33)19-25-11-7-10-23-8-3-4-12-26(23)25;3-2(4,5)1(6)7/h3-4,7-8,10-14,16-18,20H,5-6,9,15,19H2,1-2H3;(H,6,7)/b24-16-;. The van der Waals surface area contributed by atoms with Gasteiger partial charge in [0.2, 0.25) is 5.91 Å². The van der Waals surface area contributed by atoms with E-state index in [1.807, 2.05) is 46.9 Å². The number of hydrogen-bond donors (Lipinski definition) is 1. The van der Waals surface area contributed by atoms with Gasteiger partial charge in [-0.3, -0.25) is 4.79 Å². The molecule has 2 heterocycles. The minimum absolute atomic E-state index is 0.124. The first-order chi connectivity index (χ1) is 19.6. The zero-order valence-electron chi connectivity index (χ0n) is 22.7. The Balaban J connectivity index is 0.000000493. The number of carboxylic acid groups (broad SMARTS) is 1. The molecule has 3 aromatic carbocycles. The Morgan fingerprint density at radius 2 is 1.83 bits per heavy atom. The SMILES string of the molecule is COc1cc(/C=C2/CCCCN(Cc3cccc4ccccc34)C2=O)ccc1-n1cnc(C)c1.O=C(O)C(F)(F)F. The number of ether oxygens (including phenoxy) is 1. The minimum atomic E-state index is -5.08. The highest BCUT2D eigenvalue weighted by atomic mass is 19.4. The third-order valence-corrected chi connectivity index (χ3v) is 6.70. The van der Waals surface area contributed by atoms with Crippen molar-refractivity contribution < 1.29 is 32.6 Å². The predicted octanol–water partition coefficient (Wildman–Crippen LogP) is 6.57. The third-order valence-electron chi connectivity index (χ3n) is 6.70. The van der Waals surface area contributed by atoms with Crippen LogP contribution in [0.3, 0.4) is 0 Å². The molecule has 10 heteroatoms. The average Bonchev–Trinajstić information content (AvgIpc) is 3.31. The summed E-state index contributed by atoms with van der Waals surface area (Å²) in [6.45, 7) is 3.37. The molecule has 0 bridgehead atoms. The Hall–Kier alpha value is -4.60. The Labute approximate surface area is 235 Å². The second-order valence-electron chi connectivity index (χ2n) is 9.65. The molecule has 0 aliphatic carbocycles. The van der Waals surface area contributed by atoms with Crippen LogP contribution < -0.4 is 4.74 Å². The molecule has 0 radical (unpaired) electrons. The topological polar surface area (TPSA) is 84.7 Å². The maximum Gasteiger partial charge on any atom is 0.490 e. The van der Waals surface area contributed by atoms with Crippen LogP contribution in [0.5, 0.6) is 5.75 Å². The van der Waals surface area contributed by atoms with Gasteiger partial charge in [-0.05, 0) is 66.3 Å². The number of alkyl halides is 3. The first-order valence-electron chi connectivity index (χ1n) is 13.0.